The van der Waals surface area contributed by atoms with Gasteiger partial charge in [-0.05, 0) is 50.8 Å². The number of pyridine rings is 1. The van der Waals surface area contributed by atoms with Gasteiger partial charge in [-0.2, -0.15) is 0 Å². The Morgan fingerprint density at radius 2 is 1.93 bits per heavy atom. The van der Waals surface area contributed by atoms with Crippen molar-refractivity contribution in [3.05, 3.63) is 21.2 Å². The number of nitrogens with zero attached hydrogens (tertiary/aromatic N) is 2. The minimum absolute atomic E-state index is 0.551. The van der Waals surface area contributed by atoms with Gasteiger partial charge in [0, 0.05) is 23.8 Å². The molecule has 0 N–H and O–H groups in total. The lowest BCUT2D eigenvalue weighted by molar-refractivity contribution is 0.586. The topological polar surface area (TPSA) is 16.1 Å². The first-order valence-corrected chi connectivity index (χ1v) is 6.72. The molecule has 0 radical (unpaired) electrons. The van der Waals surface area contributed by atoms with Crippen molar-refractivity contribution in [2.24, 2.45) is 0 Å². The fraction of sp³-hybridized carbons (Fsp3) is 0.545. The molecule has 0 spiro atoms. The molecule has 0 saturated heterocycles. The van der Waals surface area contributed by atoms with Gasteiger partial charge in [0.15, 0.2) is 0 Å². The molecular formula is C11H16Br2N2. The maximum absolute atomic E-state index is 4.43. The minimum Gasteiger partial charge on any atom is -0.356 e. The van der Waals surface area contributed by atoms with Crippen LogP contribution < -0.4 is 4.90 Å². The van der Waals surface area contributed by atoms with E-state index in [0.29, 0.717) is 6.04 Å². The van der Waals surface area contributed by atoms with Gasteiger partial charge in [-0.3, -0.25) is 0 Å². The van der Waals surface area contributed by atoms with E-state index < -0.39 is 0 Å². The number of hydrogen-bond acceptors (Lipinski definition) is 2. The van der Waals surface area contributed by atoms with E-state index >= 15 is 0 Å². The molecule has 15 heavy (non-hydrogen) atoms. The van der Waals surface area contributed by atoms with Gasteiger partial charge < -0.3 is 4.90 Å². The summed E-state index contributed by atoms with van der Waals surface area (Å²) >= 11 is 6.95. The first-order valence-electron chi connectivity index (χ1n) is 5.14. The van der Waals surface area contributed by atoms with Gasteiger partial charge in [0.05, 0.1) is 4.47 Å². The molecule has 0 aliphatic carbocycles. The van der Waals surface area contributed by atoms with E-state index in [1.54, 1.807) is 0 Å². The average Bonchev–Trinajstić information content (AvgIpc) is 2.19. The monoisotopic (exact) mass is 334 g/mol. The number of halogens is 2. The van der Waals surface area contributed by atoms with Crippen molar-refractivity contribution in [1.29, 1.82) is 0 Å². The summed E-state index contributed by atoms with van der Waals surface area (Å²) < 4.78 is 2.03. The van der Waals surface area contributed by atoms with E-state index in [4.69, 9.17) is 0 Å². The first-order chi connectivity index (χ1) is 7.10. The van der Waals surface area contributed by atoms with Crippen molar-refractivity contribution in [1.82, 2.24) is 4.98 Å². The summed E-state index contributed by atoms with van der Waals surface area (Å²) in [5.74, 6) is 1.01. The molecule has 4 heteroatoms. The lowest BCUT2D eigenvalue weighted by Crippen LogP contribution is -2.31. The fourth-order valence-electron chi connectivity index (χ4n) is 1.68. The second-order valence-electron chi connectivity index (χ2n) is 3.54. The average molecular weight is 336 g/mol. The smallest absolute Gasteiger partial charge is 0.142 e. The number of aromatic nitrogens is 1. The first kappa shape index (κ1) is 13.0. The normalized spacial score (nSPS) is 10.8. The molecule has 0 amide bonds. The third-order valence-corrected chi connectivity index (χ3v) is 3.63. The van der Waals surface area contributed by atoms with Crippen LogP contribution in [0.5, 0.6) is 0 Å². The van der Waals surface area contributed by atoms with Gasteiger partial charge in [0.25, 0.3) is 0 Å². The third kappa shape index (κ3) is 3.18. The molecule has 0 atom stereocenters. The summed E-state index contributed by atoms with van der Waals surface area (Å²) in [4.78, 5) is 6.66. The molecule has 0 aromatic carbocycles. The van der Waals surface area contributed by atoms with Crippen molar-refractivity contribution in [2.45, 2.75) is 32.7 Å². The Hall–Kier alpha value is -0.0900. The molecule has 0 saturated carbocycles. The molecule has 0 fully saturated rings. The highest BCUT2D eigenvalue weighted by Gasteiger charge is 2.14. The molecule has 1 rings (SSSR count). The molecule has 2 nitrogen and oxygen atoms in total. The zero-order valence-corrected chi connectivity index (χ0v) is 12.5. The summed E-state index contributed by atoms with van der Waals surface area (Å²) in [5, 5.41) is 0. The van der Waals surface area contributed by atoms with E-state index in [2.05, 4.69) is 62.6 Å². The van der Waals surface area contributed by atoms with Crippen LogP contribution in [0.25, 0.3) is 0 Å². The predicted molar refractivity (Wildman–Crippen MR) is 72.4 cm³/mol. The molecule has 0 bridgehead atoms. The lowest BCUT2D eigenvalue weighted by Gasteiger charge is -2.28. The van der Waals surface area contributed by atoms with Crippen LogP contribution in [0.2, 0.25) is 0 Å². The predicted octanol–water partition coefficient (Wildman–Crippen LogP) is 4.23. The molecule has 1 aromatic heterocycles. The number of hydrogen-bond donors (Lipinski definition) is 0. The Kier molecular flexibility index (Phi) is 5.06. The van der Waals surface area contributed by atoms with Gasteiger partial charge >= 0.3 is 0 Å². The van der Waals surface area contributed by atoms with Crippen molar-refractivity contribution in [3.63, 3.8) is 0 Å². The van der Waals surface area contributed by atoms with Crippen LogP contribution in [0.15, 0.2) is 21.2 Å². The fourth-order valence-corrected chi connectivity index (χ4v) is 2.94. The van der Waals surface area contributed by atoms with Gasteiger partial charge in [-0.15, -0.1) is 0 Å². The van der Waals surface area contributed by atoms with Crippen LogP contribution in [0.1, 0.15) is 26.7 Å². The van der Waals surface area contributed by atoms with Crippen molar-refractivity contribution >= 4 is 37.7 Å². The molecule has 1 heterocycles. The van der Waals surface area contributed by atoms with E-state index in [9.17, 15) is 0 Å². The van der Waals surface area contributed by atoms with Gasteiger partial charge in [-0.1, -0.05) is 13.8 Å². The van der Waals surface area contributed by atoms with Crippen LogP contribution >= 0.6 is 31.9 Å². The van der Waals surface area contributed by atoms with E-state index in [1.807, 2.05) is 12.3 Å². The summed E-state index contributed by atoms with van der Waals surface area (Å²) in [6, 6.07) is 2.58. The zero-order chi connectivity index (χ0) is 11.4. The van der Waals surface area contributed by atoms with Gasteiger partial charge in [0.1, 0.15) is 5.82 Å². The van der Waals surface area contributed by atoms with Crippen LogP contribution in [0.3, 0.4) is 0 Å². The van der Waals surface area contributed by atoms with E-state index in [0.717, 1.165) is 27.6 Å². The Morgan fingerprint density at radius 3 is 2.40 bits per heavy atom. The Labute approximate surface area is 108 Å². The molecule has 0 aliphatic heterocycles. The summed E-state index contributed by atoms with van der Waals surface area (Å²) in [6.45, 7) is 4.41. The summed E-state index contributed by atoms with van der Waals surface area (Å²) in [6.07, 6.45) is 4.10. The molecule has 0 aliphatic rings. The quantitative estimate of drug-likeness (QED) is 0.818. The molecule has 1 aromatic rings. The third-order valence-electron chi connectivity index (χ3n) is 2.61. The second-order valence-corrected chi connectivity index (χ2v) is 5.31. The maximum Gasteiger partial charge on any atom is 0.142 e. The van der Waals surface area contributed by atoms with Crippen molar-refractivity contribution in [2.75, 3.05) is 11.9 Å². The summed E-state index contributed by atoms with van der Waals surface area (Å²) in [7, 11) is 2.10. The molecule has 84 valence electrons. The lowest BCUT2D eigenvalue weighted by atomic mass is 10.1. The highest BCUT2D eigenvalue weighted by atomic mass is 79.9. The maximum atomic E-state index is 4.43. The molecular weight excluding hydrogens is 320 g/mol. The molecule has 0 unspecified atom stereocenters. The van der Waals surface area contributed by atoms with Crippen LogP contribution in [0, 0.1) is 0 Å². The largest absolute Gasteiger partial charge is 0.356 e. The van der Waals surface area contributed by atoms with Crippen LogP contribution in [0.4, 0.5) is 5.82 Å². The van der Waals surface area contributed by atoms with E-state index in [1.165, 1.54) is 0 Å². The Bertz CT molecular complexity index is 324. The van der Waals surface area contributed by atoms with Gasteiger partial charge in [0.2, 0.25) is 0 Å². The van der Waals surface area contributed by atoms with E-state index in [-0.39, 0.29) is 0 Å². The van der Waals surface area contributed by atoms with Gasteiger partial charge in [-0.25, -0.2) is 4.98 Å². The highest BCUT2D eigenvalue weighted by Crippen LogP contribution is 2.28. The Morgan fingerprint density at radius 1 is 1.33 bits per heavy atom. The van der Waals surface area contributed by atoms with Crippen LogP contribution in [-0.2, 0) is 0 Å². The Balaban J connectivity index is 2.94. The summed E-state index contributed by atoms with van der Waals surface area (Å²) in [5.41, 5.74) is 0. The number of rotatable bonds is 4. The zero-order valence-electron chi connectivity index (χ0n) is 9.30. The van der Waals surface area contributed by atoms with Crippen LogP contribution in [-0.4, -0.2) is 18.1 Å². The number of anilines is 1. The SMILES string of the molecule is CCC(CC)N(C)c1ncc(Br)cc1Br. The highest BCUT2D eigenvalue weighted by molar-refractivity contribution is 9.11. The minimum atomic E-state index is 0.551. The van der Waals surface area contributed by atoms with Crippen molar-refractivity contribution in [3.8, 4) is 0 Å². The standard InChI is InChI=1S/C11H16Br2N2/c1-4-9(5-2)15(3)11-10(13)6-8(12)7-14-11/h6-7,9H,4-5H2,1-3H3. The van der Waals surface area contributed by atoms with Crippen molar-refractivity contribution < 1.29 is 0 Å². The second kappa shape index (κ2) is 5.85.